The number of carbonyl (C=O) groups is 1. The van der Waals surface area contributed by atoms with Crippen LogP contribution in [0.2, 0.25) is 0 Å². The Morgan fingerprint density at radius 1 is 1.16 bits per heavy atom. The summed E-state index contributed by atoms with van der Waals surface area (Å²) in [6, 6.07) is 8.85. The fourth-order valence-electron chi connectivity index (χ4n) is 4.26. The Morgan fingerprint density at radius 3 is 2.66 bits per heavy atom. The van der Waals surface area contributed by atoms with Gasteiger partial charge in [-0.25, -0.2) is 18.3 Å². The minimum atomic E-state index is -4.48. The van der Waals surface area contributed by atoms with Crippen molar-refractivity contribution in [3.05, 3.63) is 59.2 Å². The zero-order valence-electron chi connectivity index (χ0n) is 19.9. The van der Waals surface area contributed by atoms with Crippen LogP contribution in [0.15, 0.2) is 54.3 Å². The van der Waals surface area contributed by atoms with Crippen molar-refractivity contribution in [1.29, 1.82) is 0 Å². The molecule has 4 heterocycles. The zero-order valence-corrected chi connectivity index (χ0v) is 20.7. The number of carbonyl (C=O) groups excluding carboxylic acids is 1. The summed E-state index contributed by atoms with van der Waals surface area (Å²) in [5.41, 5.74) is 3.46. The van der Waals surface area contributed by atoms with Gasteiger partial charge in [0.2, 0.25) is 0 Å². The first-order chi connectivity index (χ1) is 18.1. The average Bonchev–Trinajstić information content (AvgIpc) is 3.60. The third kappa shape index (κ3) is 6.10. The lowest BCUT2D eigenvalue weighted by Crippen LogP contribution is -3.11. The Balaban J connectivity index is 1.22. The first-order valence-electron chi connectivity index (χ1n) is 11.8. The fourth-order valence-corrected chi connectivity index (χ4v) is 5.09. The molecule has 7 nitrogen and oxygen atoms in total. The lowest BCUT2D eigenvalue weighted by atomic mass is 10.1. The molecule has 3 aromatic heterocycles. The number of ether oxygens (including phenoxy) is 1. The lowest BCUT2D eigenvalue weighted by molar-refractivity contribution is -0.891. The number of rotatable bonds is 8. The SMILES string of the molecule is O=C(NCC(F)(F)F)c1cc(-c2cnn3cc(-c4ccc(OCC[NH+]5CCC(F)(F)C5)cc4)cnc23)cs1. The summed E-state index contributed by atoms with van der Waals surface area (Å²) in [6.07, 6.45) is 0.493. The molecule has 1 aromatic carbocycles. The number of benzene rings is 1. The smallest absolute Gasteiger partial charge is 0.405 e. The standard InChI is InChI=1S/C25H22F5N5O2S/c26-24(27)5-6-34(15-24)7-8-37-19-3-1-16(2-4-19)18-10-31-22-20(11-33-35(22)12-18)17-9-21(38-13-17)23(36)32-14-25(28,29)30/h1-4,9-13H,5-8,14-15H2,(H,32,36)/p+1. The van der Waals surface area contributed by atoms with Gasteiger partial charge >= 0.3 is 12.1 Å². The molecule has 2 N–H and O–H groups in total. The largest absolute Gasteiger partial charge is 0.488 e. The summed E-state index contributed by atoms with van der Waals surface area (Å²) in [4.78, 5) is 17.5. The van der Waals surface area contributed by atoms with Crippen molar-refractivity contribution < 1.29 is 36.4 Å². The van der Waals surface area contributed by atoms with Crippen LogP contribution in [0, 0.1) is 0 Å². The maximum atomic E-state index is 13.3. The van der Waals surface area contributed by atoms with Gasteiger partial charge < -0.3 is 15.0 Å². The fraction of sp³-hybridized carbons (Fsp3) is 0.320. The summed E-state index contributed by atoms with van der Waals surface area (Å²) in [5.74, 6) is -2.73. The summed E-state index contributed by atoms with van der Waals surface area (Å²) >= 11 is 1.04. The third-order valence-corrected chi connectivity index (χ3v) is 7.13. The number of alkyl halides is 5. The minimum Gasteiger partial charge on any atom is -0.488 e. The molecular weight excluding hydrogens is 529 g/mol. The van der Waals surface area contributed by atoms with E-state index in [0.29, 0.717) is 42.2 Å². The number of quaternary nitrogens is 1. The topological polar surface area (TPSA) is 73.0 Å². The predicted molar refractivity (Wildman–Crippen MR) is 131 cm³/mol. The van der Waals surface area contributed by atoms with E-state index in [1.165, 1.54) is 6.07 Å². The molecule has 1 saturated heterocycles. The first kappa shape index (κ1) is 26.0. The Kier molecular flexibility index (Phi) is 7.05. The van der Waals surface area contributed by atoms with Crippen molar-refractivity contribution in [2.75, 3.05) is 32.8 Å². The van der Waals surface area contributed by atoms with Gasteiger partial charge in [-0.05, 0) is 34.7 Å². The molecule has 0 bridgehead atoms. The van der Waals surface area contributed by atoms with Gasteiger partial charge in [-0.1, -0.05) is 12.1 Å². The molecule has 1 amide bonds. The highest BCUT2D eigenvalue weighted by Crippen LogP contribution is 2.30. The van der Waals surface area contributed by atoms with E-state index in [9.17, 15) is 26.7 Å². The maximum Gasteiger partial charge on any atom is 0.405 e. The Bertz CT molecular complexity index is 1430. The van der Waals surface area contributed by atoms with Crippen molar-refractivity contribution in [3.8, 4) is 28.0 Å². The minimum absolute atomic E-state index is 0.0794. The maximum absolute atomic E-state index is 13.3. The highest BCUT2D eigenvalue weighted by Gasteiger charge is 2.41. The molecule has 1 aliphatic rings. The van der Waals surface area contributed by atoms with Crippen LogP contribution in [0.5, 0.6) is 5.75 Å². The Hall–Kier alpha value is -3.58. The number of hydrogen-bond donors (Lipinski definition) is 2. The van der Waals surface area contributed by atoms with Gasteiger partial charge in [0, 0.05) is 23.5 Å². The molecule has 38 heavy (non-hydrogen) atoms. The predicted octanol–water partition coefficient (Wildman–Crippen LogP) is 3.72. The van der Waals surface area contributed by atoms with Crippen LogP contribution in [0.4, 0.5) is 22.0 Å². The van der Waals surface area contributed by atoms with E-state index in [-0.39, 0.29) is 17.8 Å². The highest BCUT2D eigenvalue weighted by molar-refractivity contribution is 7.12. The normalized spacial score (nSPS) is 17.1. The molecule has 13 heteroatoms. The highest BCUT2D eigenvalue weighted by atomic mass is 32.1. The van der Waals surface area contributed by atoms with Gasteiger partial charge in [0.15, 0.2) is 5.65 Å². The third-order valence-electron chi connectivity index (χ3n) is 6.21. The molecule has 0 saturated carbocycles. The Labute approximate surface area is 217 Å². The van der Waals surface area contributed by atoms with E-state index in [1.54, 1.807) is 40.6 Å². The summed E-state index contributed by atoms with van der Waals surface area (Å²) in [6.45, 7) is -0.226. The van der Waals surface area contributed by atoms with Crippen molar-refractivity contribution in [1.82, 2.24) is 19.9 Å². The second-order valence-electron chi connectivity index (χ2n) is 9.07. The number of thiophene rings is 1. The number of fused-ring (bicyclic) bond motifs is 1. The van der Waals surface area contributed by atoms with Gasteiger partial charge in [-0.2, -0.15) is 18.3 Å². The molecule has 4 aromatic rings. The number of likely N-dealkylation sites (tertiary alicyclic amines) is 1. The summed E-state index contributed by atoms with van der Waals surface area (Å²) < 4.78 is 71.0. The van der Waals surface area contributed by atoms with Gasteiger partial charge in [0.25, 0.3) is 5.91 Å². The summed E-state index contributed by atoms with van der Waals surface area (Å²) in [5, 5.41) is 7.87. The van der Waals surface area contributed by atoms with E-state index in [1.807, 2.05) is 17.4 Å². The van der Waals surface area contributed by atoms with Gasteiger partial charge in [0.05, 0.1) is 24.0 Å². The van der Waals surface area contributed by atoms with Gasteiger partial charge in [-0.15, -0.1) is 11.3 Å². The molecular formula is C25H23F5N5O2S+. The molecule has 0 aliphatic carbocycles. The number of amides is 1. The molecule has 200 valence electrons. The van der Waals surface area contributed by atoms with Gasteiger partial charge in [-0.3, -0.25) is 4.79 Å². The zero-order chi connectivity index (χ0) is 26.9. The molecule has 1 fully saturated rings. The van der Waals surface area contributed by atoms with Crippen LogP contribution in [0.3, 0.4) is 0 Å². The van der Waals surface area contributed by atoms with E-state index in [2.05, 4.69) is 10.1 Å². The van der Waals surface area contributed by atoms with Crippen LogP contribution < -0.4 is 15.0 Å². The molecule has 1 unspecified atom stereocenters. The lowest BCUT2D eigenvalue weighted by Gasteiger charge is -2.13. The number of halogens is 5. The summed E-state index contributed by atoms with van der Waals surface area (Å²) in [7, 11) is 0. The Morgan fingerprint density at radius 2 is 1.95 bits per heavy atom. The van der Waals surface area contributed by atoms with Gasteiger partial charge in [0.1, 0.15) is 32.0 Å². The van der Waals surface area contributed by atoms with Crippen molar-refractivity contribution in [2.24, 2.45) is 0 Å². The van der Waals surface area contributed by atoms with Crippen molar-refractivity contribution in [2.45, 2.75) is 18.5 Å². The number of hydrogen-bond acceptors (Lipinski definition) is 5. The van der Waals surface area contributed by atoms with Crippen LogP contribution >= 0.6 is 11.3 Å². The number of aromatic nitrogens is 3. The van der Waals surface area contributed by atoms with Crippen molar-refractivity contribution in [3.63, 3.8) is 0 Å². The number of nitrogens with zero attached hydrogens (tertiary/aromatic N) is 3. The van der Waals surface area contributed by atoms with E-state index in [4.69, 9.17) is 4.74 Å². The van der Waals surface area contributed by atoms with E-state index >= 15 is 0 Å². The quantitative estimate of drug-likeness (QED) is 0.327. The molecule has 5 rings (SSSR count). The second-order valence-corrected chi connectivity index (χ2v) is 9.98. The monoisotopic (exact) mass is 552 g/mol. The van der Waals surface area contributed by atoms with Crippen LogP contribution in [0.1, 0.15) is 16.1 Å². The van der Waals surface area contributed by atoms with E-state index < -0.39 is 24.6 Å². The van der Waals surface area contributed by atoms with Crippen LogP contribution in [0.25, 0.3) is 27.9 Å². The molecule has 0 spiro atoms. The molecule has 1 atom stereocenters. The van der Waals surface area contributed by atoms with Crippen LogP contribution in [-0.2, 0) is 0 Å². The van der Waals surface area contributed by atoms with Crippen LogP contribution in [-0.4, -0.2) is 65.4 Å². The molecule has 1 aliphatic heterocycles. The van der Waals surface area contributed by atoms with E-state index in [0.717, 1.165) is 27.4 Å². The second kappa shape index (κ2) is 10.3. The first-order valence-corrected chi connectivity index (χ1v) is 12.7. The average molecular weight is 553 g/mol. The van der Waals surface area contributed by atoms with Crippen molar-refractivity contribution >= 4 is 22.9 Å². The number of nitrogens with one attached hydrogen (secondary N) is 2. The molecule has 0 radical (unpaired) electrons.